The highest BCUT2D eigenvalue weighted by atomic mass is 35.5. The molecule has 25 heavy (non-hydrogen) atoms. The highest BCUT2D eigenvalue weighted by molar-refractivity contribution is 7.99. The van der Waals surface area contributed by atoms with Gasteiger partial charge in [0.1, 0.15) is 0 Å². The molecule has 8 heteroatoms. The third-order valence-electron chi connectivity index (χ3n) is 3.80. The minimum atomic E-state index is -3.81. The van der Waals surface area contributed by atoms with Crippen LogP contribution in [0.1, 0.15) is 16.8 Å². The summed E-state index contributed by atoms with van der Waals surface area (Å²) in [6.07, 6.45) is 0.926. The van der Waals surface area contributed by atoms with Crippen molar-refractivity contribution in [1.29, 1.82) is 0 Å². The van der Waals surface area contributed by atoms with Crippen molar-refractivity contribution in [3.05, 3.63) is 59.1 Å². The maximum absolute atomic E-state index is 12.5. The Hall–Kier alpha value is -1.70. The second-order valence-electron chi connectivity index (χ2n) is 5.64. The minimum Gasteiger partial charge on any atom is -0.348 e. The van der Waals surface area contributed by atoms with E-state index in [-0.39, 0.29) is 22.5 Å². The van der Waals surface area contributed by atoms with E-state index < -0.39 is 10.0 Å². The first-order valence-electron chi connectivity index (χ1n) is 7.72. The van der Waals surface area contributed by atoms with Crippen molar-refractivity contribution in [2.45, 2.75) is 17.4 Å². The molecule has 5 nitrogen and oxygen atoms in total. The zero-order valence-electron chi connectivity index (χ0n) is 13.2. The van der Waals surface area contributed by atoms with Gasteiger partial charge in [-0.15, -0.1) is 0 Å². The molecule has 2 aromatic carbocycles. The lowest BCUT2D eigenvalue weighted by Crippen LogP contribution is -2.35. The molecule has 1 saturated heterocycles. The Morgan fingerprint density at radius 3 is 2.52 bits per heavy atom. The molecule has 1 atom stereocenters. The van der Waals surface area contributed by atoms with Crippen LogP contribution in [0.2, 0.25) is 5.02 Å². The summed E-state index contributed by atoms with van der Waals surface area (Å²) in [6, 6.07) is 12.5. The Kier molecular flexibility index (Phi) is 5.56. The fourth-order valence-corrected chi connectivity index (χ4v) is 4.86. The number of sulfonamides is 1. The van der Waals surface area contributed by atoms with E-state index in [4.69, 9.17) is 11.6 Å². The summed E-state index contributed by atoms with van der Waals surface area (Å²) >= 11 is 7.59. The predicted octanol–water partition coefficient (Wildman–Crippen LogP) is 3.38. The Bertz CT molecular complexity index is 864. The molecule has 0 radical (unpaired) electrons. The van der Waals surface area contributed by atoms with Crippen LogP contribution in [-0.4, -0.2) is 31.9 Å². The molecule has 3 rings (SSSR count). The molecule has 1 fully saturated rings. The van der Waals surface area contributed by atoms with Crippen LogP contribution in [0.25, 0.3) is 0 Å². The van der Waals surface area contributed by atoms with Crippen LogP contribution in [0.4, 0.5) is 5.69 Å². The standard InChI is InChI=1S/C17H17ClN2O3S2/c18-12-5-7-14(8-6-12)25(22,23)20-16-4-2-1-3-15(16)17(21)19-13-9-10-24-11-13/h1-8,13,20H,9-11H2,(H,19,21). The summed E-state index contributed by atoms with van der Waals surface area (Å²) in [4.78, 5) is 12.6. The van der Waals surface area contributed by atoms with Crippen molar-refractivity contribution in [3.63, 3.8) is 0 Å². The second kappa shape index (κ2) is 7.68. The molecule has 1 amide bonds. The van der Waals surface area contributed by atoms with Gasteiger partial charge >= 0.3 is 0 Å². The second-order valence-corrected chi connectivity index (χ2v) is 8.91. The van der Waals surface area contributed by atoms with Crippen molar-refractivity contribution in [1.82, 2.24) is 5.32 Å². The number of hydrogen-bond donors (Lipinski definition) is 2. The number of halogens is 1. The third kappa shape index (κ3) is 4.48. The van der Waals surface area contributed by atoms with Crippen LogP contribution >= 0.6 is 23.4 Å². The summed E-state index contributed by atoms with van der Waals surface area (Å²) in [5, 5.41) is 3.41. The number of carbonyl (C=O) groups is 1. The summed E-state index contributed by atoms with van der Waals surface area (Å²) in [5.74, 6) is 1.63. The van der Waals surface area contributed by atoms with E-state index in [1.807, 2.05) is 0 Å². The molecule has 0 aliphatic carbocycles. The molecule has 132 valence electrons. The zero-order chi connectivity index (χ0) is 17.9. The maximum Gasteiger partial charge on any atom is 0.261 e. The van der Waals surface area contributed by atoms with Gasteiger partial charge in [-0.1, -0.05) is 23.7 Å². The lowest BCUT2D eigenvalue weighted by molar-refractivity contribution is 0.0942. The average Bonchev–Trinajstić information content (AvgIpc) is 3.08. The molecular weight excluding hydrogens is 380 g/mol. The monoisotopic (exact) mass is 396 g/mol. The molecular formula is C17H17ClN2O3S2. The Labute approximate surface area is 156 Å². The molecule has 1 aliphatic rings. The van der Waals surface area contributed by atoms with Crippen LogP contribution in [0, 0.1) is 0 Å². The fraction of sp³-hybridized carbons (Fsp3) is 0.235. The normalized spacial score (nSPS) is 17.2. The minimum absolute atomic E-state index is 0.0827. The number of para-hydroxylation sites is 1. The topological polar surface area (TPSA) is 75.3 Å². The molecule has 1 heterocycles. The van der Waals surface area contributed by atoms with Crippen molar-refractivity contribution in [3.8, 4) is 0 Å². The maximum atomic E-state index is 12.5. The quantitative estimate of drug-likeness (QED) is 0.812. The Morgan fingerprint density at radius 1 is 1.12 bits per heavy atom. The first-order valence-corrected chi connectivity index (χ1v) is 10.7. The molecule has 2 N–H and O–H groups in total. The summed E-state index contributed by atoms with van der Waals surface area (Å²) in [7, 11) is -3.81. The van der Waals surface area contributed by atoms with Crippen molar-refractivity contribution >= 4 is 45.0 Å². The summed E-state index contributed by atoms with van der Waals surface area (Å²) in [6.45, 7) is 0. The van der Waals surface area contributed by atoms with Gasteiger partial charge in [-0.05, 0) is 48.6 Å². The first-order chi connectivity index (χ1) is 12.0. The fourth-order valence-electron chi connectivity index (χ4n) is 2.50. The molecule has 0 aromatic heterocycles. The molecule has 0 bridgehead atoms. The van der Waals surface area contributed by atoms with Gasteiger partial charge < -0.3 is 5.32 Å². The number of rotatable bonds is 5. The summed E-state index contributed by atoms with van der Waals surface area (Å²) < 4.78 is 27.6. The van der Waals surface area contributed by atoms with E-state index in [0.717, 1.165) is 17.9 Å². The van der Waals surface area contributed by atoms with E-state index in [1.165, 1.54) is 24.3 Å². The zero-order valence-corrected chi connectivity index (χ0v) is 15.6. The van der Waals surface area contributed by atoms with Crippen molar-refractivity contribution < 1.29 is 13.2 Å². The summed E-state index contributed by atoms with van der Waals surface area (Å²) in [5.41, 5.74) is 0.553. The van der Waals surface area contributed by atoms with Gasteiger partial charge in [-0.2, -0.15) is 11.8 Å². The van der Waals surface area contributed by atoms with Crippen LogP contribution in [0.5, 0.6) is 0 Å². The molecule has 0 spiro atoms. The number of nitrogens with one attached hydrogen (secondary N) is 2. The number of benzene rings is 2. The van der Waals surface area contributed by atoms with Gasteiger partial charge in [-0.3, -0.25) is 9.52 Å². The smallest absolute Gasteiger partial charge is 0.261 e. The third-order valence-corrected chi connectivity index (χ3v) is 6.60. The van der Waals surface area contributed by atoms with E-state index in [2.05, 4.69) is 10.0 Å². The predicted molar refractivity (Wildman–Crippen MR) is 102 cm³/mol. The van der Waals surface area contributed by atoms with Crippen molar-refractivity contribution in [2.75, 3.05) is 16.2 Å². The first kappa shape index (κ1) is 18.1. The number of anilines is 1. The largest absolute Gasteiger partial charge is 0.348 e. The average molecular weight is 397 g/mol. The van der Waals surface area contributed by atoms with Gasteiger partial charge in [-0.25, -0.2) is 8.42 Å². The van der Waals surface area contributed by atoms with Crippen LogP contribution in [-0.2, 0) is 10.0 Å². The van der Waals surface area contributed by atoms with Gasteiger partial charge in [0.2, 0.25) is 0 Å². The van der Waals surface area contributed by atoms with Gasteiger partial charge in [0.25, 0.3) is 15.9 Å². The Morgan fingerprint density at radius 2 is 1.84 bits per heavy atom. The number of hydrogen-bond acceptors (Lipinski definition) is 4. The number of thioether (sulfide) groups is 1. The SMILES string of the molecule is O=C(NC1CCSC1)c1ccccc1NS(=O)(=O)c1ccc(Cl)cc1. The lowest BCUT2D eigenvalue weighted by atomic mass is 10.1. The van der Waals surface area contributed by atoms with Gasteiger partial charge in [0, 0.05) is 16.8 Å². The molecule has 0 saturated carbocycles. The van der Waals surface area contributed by atoms with Crippen molar-refractivity contribution in [2.24, 2.45) is 0 Å². The van der Waals surface area contributed by atoms with Gasteiger partial charge in [0.05, 0.1) is 16.1 Å². The van der Waals surface area contributed by atoms with Gasteiger partial charge in [0.15, 0.2) is 0 Å². The van der Waals surface area contributed by atoms with Crippen LogP contribution in [0.3, 0.4) is 0 Å². The molecule has 1 unspecified atom stereocenters. The van der Waals surface area contributed by atoms with E-state index in [9.17, 15) is 13.2 Å². The van der Waals surface area contributed by atoms with E-state index >= 15 is 0 Å². The number of carbonyl (C=O) groups excluding carboxylic acids is 1. The Balaban J connectivity index is 1.82. The molecule has 2 aromatic rings. The van der Waals surface area contributed by atoms with Crippen LogP contribution < -0.4 is 10.0 Å². The lowest BCUT2D eigenvalue weighted by Gasteiger charge is -2.15. The van der Waals surface area contributed by atoms with E-state index in [1.54, 1.807) is 36.0 Å². The number of amides is 1. The van der Waals surface area contributed by atoms with Crippen LogP contribution in [0.15, 0.2) is 53.4 Å². The highest BCUT2D eigenvalue weighted by Gasteiger charge is 2.22. The highest BCUT2D eigenvalue weighted by Crippen LogP contribution is 2.23. The molecule has 1 aliphatic heterocycles. The van der Waals surface area contributed by atoms with E-state index in [0.29, 0.717) is 10.6 Å².